The fraction of sp³-hybridized carbons (Fsp3) is 0.688. The Bertz CT molecular complexity index is 363. The van der Waals surface area contributed by atoms with Gasteiger partial charge < -0.3 is 5.32 Å². The molecular weight excluding hydrogens is 220 g/mol. The summed E-state index contributed by atoms with van der Waals surface area (Å²) in [5, 5.41) is 3.60. The van der Waals surface area contributed by atoms with Crippen molar-refractivity contribution < 1.29 is 0 Å². The maximum Gasteiger partial charge on any atom is 0.0409 e. The van der Waals surface area contributed by atoms with Crippen LogP contribution in [0.25, 0.3) is 0 Å². The van der Waals surface area contributed by atoms with Crippen LogP contribution in [0.1, 0.15) is 51.3 Å². The molecule has 0 radical (unpaired) electrons. The predicted molar refractivity (Wildman–Crippen MR) is 76.7 cm³/mol. The number of rotatable bonds is 7. The van der Waals surface area contributed by atoms with Crippen molar-refractivity contribution in [3.8, 4) is 0 Å². The molecule has 1 aromatic heterocycles. The number of hydrogen-bond donors (Lipinski definition) is 1. The summed E-state index contributed by atoms with van der Waals surface area (Å²) in [5.41, 5.74) is 2.89. The second-order valence-electron chi connectivity index (χ2n) is 6.33. The molecule has 1 fully saturated rings. The third-order valence-electron chi connectivity index (χ3n) is 3.77. The lowest BCUT2D eigenvalue weighted by molar-refractivity contribution is 0.322. The van der Waals surface area contributed by atoms with Gasteiger partial charge in [0.1, 0.15) is 0 Å². The van der Waals surface area contributed by atoms with Gasteiger partial charge in [-0.2, -0.15) is 0 Å². The molecule has 2 heteroatoms. The first-order valence-corrected chi connectivity index (χ1v) is 7.26. The monoisotopic (exact) mass is 246 g/mol. The highest BCUT2D eigenvalue weighted by molar-refractivity contribution is 5.14. The van der Waals surface area contributed by atoms with Crippen LogP contribution >= 0.6 is 0 Å². The molecule has 0 spiro atoms. The Morgan fingerprint density at radius 2 is 2.11 bits per heavy atom. The second kappa shape index (κ2) is 5.83. The quantitative estimate of drug-likeness (QED) is 0.798. The highest BCUT2D eigenvalue weighted by atomic mass is 14.9. The Kier molecular flexibility index (Phi) is 4.39. The molecule has 100 valence electrons. The third kappa shape index (κ3) is 4.41. The lowest BCUT2D eigenvalue weighted by Gasteiger charge is -2.24. The van der Waals surface area contributed by atoms with Gasteiger partial charge in [0, 0.05) is 17.9 Å². The summed E-state index contributed by atoms with van der Waals surface area (Å²) < 4.78 is 0. The van der Waals surface area contributed by atoms with Crippen LogP contribution in [0, 0.1) is 5.41 Å². The van der Waals surface area contributed by atoms with E-state index in [-0.39, 0.29) is 0 Å². The van der Waals surface area contributed by atoms with E-state index >= 15 is 0 Å². The molecule has 0 unspecified atom stereocenters. The summed E-state index contributed by atoms with van der Waals surface area (Å²) in [6.07, 6.45) is 8.14. The van der Waals surface area contributed by atoms with Crippen molar-refractivity contribution in [3.63, 3.8) is 0 Å². The molecule has 1 aliphatic rings. The van der Waals surface area contributed by atoms with Gasteiger partial charge in [0.05, 0.1) is 0 Å². The van der Waals surface area contributed by atoms with Crippen LogP contribution in [-0.2, 0) is 12.8 Å². The summed E-state index contributed by atoms with van der Waals surface area (Å²) in [6.45, 7) is 8.00. The summed E-state index contributed by atoms with van der Waals surface area (Å²) in [4.78, 5) is 4.57. The van der Waals surface area contributed by atoms with Gasteiger partial charge in [-0.25, -0.2) is 0 Å². The van der Waals surface area contributed by atoms with Crippen molar-refractivity contribution in [2.75, 3.05) is 6.54 Å². The van der Waals surface area contributed by atoms with Crippen molar-refractivity contribution in [2.24, 2.45) is 5.41 Å². The number of aromatic nitrogens is 1. The average Bonchev–Trinajstić information content (AvgIpc) is 3.13. The lowest BCUT2D eigenvalue weighted by Crippen LogP contribution is -2.25. The molecule has 0 aliphatic heterocycles. The smallest absolute Gasteiger partial charge is 0.0409 e. The van der Waals surface area contributed by atoms with E-state index in [1.54, 1.807) is 0 Å². The zero-order valence-corrected chi connectivity index (χ0v) is 12.0. The Hall–Kier alpha value is -0.890. The van der Waals surface area contributed by atoms with E-state index in [0.29, 0.717) is 5.41 Å². The fourth-order valence-electron chi connectivity index (χ4n) is 2.25. The van der Waals surface area contributed by atoms with Gasteiger partial charge in [-0.1, -0.05) is 26.8 Å². The predicted octanol–water partition coefficient (Wildman–Crippen LogP) is 3.35. The first-order valence-electron chi connectivity index (χ1n) is 7.26. The van der Waals surface area contributed by atoms with Gasteiger partial charge >= 0.3 is 0 Å². The van der Waals surface area contributed by atoms with Gasteiger partial charge in [0.2, 0.25) is 0 Å². The molecular formula is C16H26N2. The number of hydrogen-bond acceptors (Lipinski definition) is 2. The Balaban J connectivity index is 1.80. The molecule has 0 aromatic carbocycles. The first-order chi connectivity index (χ1) is 8.59. The lowest BCUT2D eigenvalue weighted by atomic mass is 9.84. The van der Waals surface area contributed by atoms with Crippen LogP contribution in [0.2, 0.25) is 0 Å². The maximum atomic E-state index is 4.57. The van der Waals surface area contributed by atoms with Crippen molar-refractivity contribution in [2.45, 2.75) is 58.9 Å². The topological polar surface area (TPSA) is 24.9 Å². The Morgan fingerprint density at radius 3 is 2.67 bits per heavy atom. The largest absolute Gasteiger partial charge is 0.314 e. The van der Waals surface area contributed by atoms with Crippen LogP contribution in [0.5, 0.6) is 0 Å². The molecule has 1 heterocycles. The van der Waals surface area contributed by atoms with E-state index in [9.17, 15) is 0 Å². The van der Waals surface area contributed by atoms with Crippen molar-refractivity contribution in [1.29, 1.82) is 0 Å². The SMILES string of the molecule is CCc1ccc(CC(C)(C)CCNC2CC2)nc1. The molecule has 18 heavy (non-hydrogen) atoms. The maximum absolute atomic E-state index is 4.57. The summed E-state index contributed by atoms with van der Waals surface area (Å²) >= 11 is 0. The molecule has 0 atom stereocenters. The fourth-order valence-corrected chi connectivity index (χ4v) is 2.25. The van der Waals surface area contributed by atoms with E-state index in [4.69, 9.17) is 0 Å². The number of nitrogens with one attached hydrogen (secondary N) is 1. The second-order valence-corrected chi connectivity index (χ2v) is 6.33. The van der Waals surface area contributed by atoms with E-state index in [2.05, 4.69) is 43.2 Å². The zero-order valence-electron chi connectivity index (χ0n) is 12.0. The van der Waals surface area contributed by atoms with Gasteiger partial charge in [0.25, 0.3) is 0 Å². The standard InChI is InChI=1S/C16H26N2/c1-4-13-5-6-15(18-12-13)11-16(2,3)9-10-17-14-7-8-14/h5-6,12,14,17H,4,7-11H2,1-3H3. The molecule has 1 aromatic rings. The number of nitrogens with zero attached hydrogens (tertiary/aromatic N) is 1. The molecule has 1 aliphatic carbocycles. The van der Waals surface area contributed by atoms with Gasteiger partial charge in [0.15, 0.2) is 0 Å². The van der Waals surface area contributed by atoms with Gasteiger partial charge in [-0.15, -0.1) is 0 Å². The third-order valence-corrected chi connectivity index (χ3v) is 3.77. The summed E-state index contributed by atoms with van der Waals surface area (Å²) in [5.74, 6) is 0. The number of aryl methyl sites for hydroxylation is 1. The van der Waals surface area contributed by atoms with E-state index < -0.39 is 0 Å². The molecule has 1 saturated carbocycles. The van der Waals surface area contributed by atoms with E-state index in [1.165, 1.54) is 30.5 Å². The van der Waals surface area contributed by atoms with Crippen LogP contribution in [0.15, 0.2) is 18.3 Å². The van der Waals surface area contributed by atoms with Crippen LogP contribution < -0.4 is 5.32 Å². The highest BCUT2D eigenvalue weighted by Gasteiger charge is 2.23. The van der Waals surface area contributed by atoms with Crippen LogP contribution in [-0.4, -0.2) is 17.6 Å². The normalized spacial score (nSPS) is 15.9. The van der Waals surface area contributed by atoms with Crippen LogP contribution in [0.4, 0.5) is 0 Å². The van der Waals surface area contributed by atoms with Crippen molar-refractivity contribution in [3.05, 3.63) is 29.6 Å². The van der Waals surface area contributed by atoms with Crippen molar-refractivity contribution in [1.82, 2.24) is 10.3 Å². The van der Waals surface area contributed by atoms with E-state index in [0.717, 1.165) is 25.4 Å². The first kappa shape index (κ1) is 13.5. The molecule has 0 amide bonds. The van der Waals surface area contributed by atoms with Gasteiger partial charge in [-0.05, 0) is 55.7 Å². The molecule has 2 rings (SSSR count). The Labute approximate surface area is 111 Å². The molecule has 1 N–H and O–H groups in total. The minimum absolute atomic E-state index is 0.336. The molecule has 0 saturated heterocycles. The highest BCUT2D eigenvalue weighted by Crippen LogP contribution is 2.26. The van der Waals surface area contributed by atoms with Crippen molar-refractivity contribution >= 4 is 0 Å². The summed E-state index contributed by atoms with van der Waals surface area (Å²) in [7, 11) is 0. The summed E-state index contributed by atoms with van der Waals surface area (Å²) in [6, 6.07) is 5.22. The van der Waals surface area contributed by atoms with Gasteiger partial charge in [-0.3, -0.25) is 4.98 Å². The Morgan fingerprint density at radius 1 is 1.33 bits per heavy atom. The van der Waals surface area contributed by atoms with Crippen LogP contribution in [0.3, 0.4) is 0 Å². The number of pyridine rings is 1. The minimum Gasteiger partial charge on any atom is -0.314 e. The average molecular weight is 246 g/mol. The zero-order chi connectivity index (χ0) is 13.0. The van der Waals surface area contributed by atoms with E-state index in [1.807, 2.05) is 6.20 Å². The molecule has 2 nitrogen and oxygen atoms in total. The molecule has 0 bridgehead atoms. The minimum atomic E-state index is 0.336.